The molecular formula is C18H22O2. The second-order valence-corrected chi connectivity index (χ2v) is 5.34. The summed E-state index contributed by atoms with van der Waals surface area (Å²) in [4.78, 5) is 11.6. The molecule has 0 spiro atoms. The molecule has 0 saturated heterocycles. The van der Waals surface area contributed by atoms with Gasteiger partial charge in [0.25, 0.3) is 0 Å². The van der Waals surface area contributed by atoms with Crippen LogP contribution in [0.4, 0.5) is 0 Å². The first-order valence-corrected chi connectivity index (χ1v) is 6.67. The van der Waals surface area contributed by atoms with E-state index >= 15 is 0 Å². The van der Waals surface area contributed by atoms with E-state index in [-0.39, 0.29) is 16.9 Å². The van der Waals surface area contributed by atoms with E-state index in [2.05, 4.69) is 13.2 Å². The maximum Gasteiger partial charge on any atom is 0.158 e. The SMILES string of the molecule is C=C[C@@](C)(/C=C/c1ccc(O)cc1)CCC(=O)C(=C)C. The molecule has 0 unspecified atom stereocenters. The molecule has 0 aromatic heterocycles. The predicted molar refractivity (Wildman–Crippen MR) is 84.5 cm³/mol. The van der Waals surface area contributed by atoms with E-state index in [0.29, 0.717) is 18.4 Å². The van der Waals surface area contributed by atoms with Gasteiger partial charge in [-0.15, -0.1) is 6.58 Å². The Kier molecular flexibility index (Phi) is 5.51. The van der Waals surface area contributed by atoms with Crippen LogP contribution in [0.15, 0.2) is 55.1 Å². The Balaban J connectivity index is 2.73. The number of Topliss-reactive ketones (excluding diaryl/α,β-unsaturated/α-hetero) is 1. The highest BCUT2D eigenvalue weighted by Crippen LogP contribution is 2.28. The summed E-state index contributed by atoms with van der Waals surface area (Å²) >= 11 is 0. The maximum atomic E-state index is 11.6. The van der Waals surface area contributed by atoms with Crippen molar-refractivity contribution in [1.29, 1.82) is 0 Å². The zero-order valence-corrected chi connectivity index (χ0v) is 12.2. The molecule has 0 aliphatic heterocycles. The predicted octanol–water partition coefficient (Wildman–Crippen LogP) is 4.52. The van der Waals surface area contributed by atoms with Gasteiger partial charge in [-0.2, -0.15) is 0 Å². The average molecular weight is 270 g/mol. The highest BCUT2D eigenvalue weighted by Gasteiger charge is 2.18. The number of carbonyl (C=O) groups excluding carboxylic acids is 1. The van der Waals surface area contributed by atoms with Gasteiger partial charge in [-0.3, -0.25) is 4.79 Å². The van der Waals surface area contributed by atoms with Crippen molar-refractivity contribution in [3.05, 3.63) is 60.7 Å². The molecule has 20 heavy (non-hydrogen) atoms. The van der Waals surface area contributed by atoms with Crippen LogP contribution in [0.1, 0.15) is 32.3 Å². The normalized spacial score (nSPS) is 13.9. The van der Waals surface area contributed by atoms with Crippen molar-refractivity contribution in [3.63, 3.8) is 0 Å². The molecule has 2 nitrogen and oxygen atoms in total. The van der Waals surface area contributed by atoms with Gasteiger partial charge in [0.15, 0.2) is 5.78 Å². The second-order valence-electron chi connectivity index (χ2n) is 5.34. The number of ketones is 1. The van der Waals surface area contributed by atoms with Crippen LogP contribution in [-0.4, -0.2) is 10.9 Å². The summed E-state index contributed by atoms with van der Waals surface area (Å²) in [5.41, 5.74) is 1.37. The van der Waals surface area contributed by atoms with Gasteiger partial charge in [0.05, 0.1) is 0 Å². The number of allylic oxidation sites excluding steroid dienone is 3. The molecule has 106 valence electrons. The molecule has 0 bridgehead atoms. The fraction of sp³-hybridized carbons (Fsp3) is 0.278. The summed E-state index contributed by atoms with van der Waals surface area (Å²) in [5, 5.41) is 9.24. The van der Waals surface area contributed by atoms with Crippen molar-refractivity contribution in [3.8, 4) is 5.75 Å². The zero-order chi connectivity index (χ0) is 15.2. The molecule has 0 aliphatic carbocycles. The van der Waals surface area contributed by atoms with E-state index in [9.17, 15) is 9.90 Å². The molecular weight excluding hydrogens is 248 g/mol. The van der Waals surface area contributed by atoms with Crippen LogP contribution in [0.5, 0.6) is 5.75 Å². The lowest BCUT2D eigenvalue weighted by Crippen LogP contribution is -2.12. The molecule has 0 heterocycles. The van der Waals surface area contributed by atoms with Gasteiger partial charge >= 0.3 is 0 Å². The lowest BCUT2D eigenvalue weighted by Gasteiger charge is -2.21. The van der Waals surface area contributed by atoms with Gasteiger partial charge in [-0.25, -0.2) is 0 Å². The number of benzene rings is 1. The number of hydrogen-bond donors (Lipinski definition) is 1. The molecule has 1 N–H and O–H groups in total. The molecule has 1 rings (SSSR count). The van der Waals surface area contributed by atoms with E-state index in [1.54, 1.807) is 19.1 Å². The van der Waals surface area contributed by atoms with Crippen LogP contribution in [0.3, 0.4) is 0 Å². The number of phenolic OH excluding ortho intramolecular Hbond substituents is 1. The van der Waals surface area contributed by atoms with Crippen LogP contribution in [-0.2, 0) is 4.79 Å². The van der Waals surface area contributed by atoms with Crippen molar-refractivity contribution >= 4 is 11.9 Å². The summed E-state index contributed by atoms with van der Waals surface area (Å²) in [5.74, 6) is 0.344. The monoisotopic (exact) mass is 270 g/mol. The molecule has 0 radical (unpaired) electrons. The smallest absolute Gasteiger partial charge is 0.158 e. The van der Waals surface area contributed by atoms with E-state index in [1.165, 1.54) is 0 Å². The highest BCUT2D eigenvalue weighted by molar-refractivity contribution is 5.94. The lowest BCUT2D eigenvalue weighted by atomic mass is 9.83. The third-order valence-electron chi connectivity index (χ3n) is 3.38. The Morgan fingerprint density at radius 3 is 2.45 bits per heavy atom. The fourth-order valence-electron chi connectivity index (χ4n) is 1.72. The minimum absolute atomic E-state index is 0.0936. The van der Waals surface area contributed by atoms with Gasteiger partial charge in [-0.05, 0) is 36.6 Å². The number of carbonyl (C=O) groups is 1. The first kappa shape index (κ1) is 16.0. The third kappa shape index (κ3) is 4.88. The van der Waals surface area contributed by atoms with Crippen LogP contribution in [0.2, 0.25) is 0 Å². The van der Waals surface area contributed by atoms with Gasteiger partial charge < -0.3 is 5.11 Å². The summed E-state index contributed by atoms with van der Waals surface area (Å²) in [6.45, 7) is 11.3. The highest BCUT2D eigenvalue weighted by atomic mass is 16.3. The van der Waals surface area contributed by atoms with Crippen molar-refractivity contribution in [2.45, 2.75) is 26.7 Å². The molecule has 0 fully saturated rings. The third-order valence-corrected chi connectivity index (χ3v) is 3.38. The summed E-state index contributed by atoms with van der Waals surface area (Å²) in [6.07, 6.45) is 7.05. The standard InChI is InChI=1S/C18H22O2/c1-5-18(4,13-11-17(20)14(2)3)12-10-15-6-8-16(19)9-7-15/h5-10,12,19H,1-2,11,13H2,3-4H3/b12-10+/t18-/m0/s1. The fourth-order valence-corrected chi connectivity index (χ4v) is 1.72. The van der Waals surface area contributed by atoms with Crippen molar-refractivity contribution in [1.82, 2.24) is 0 Å². The minimum Gasteiger partial charge on any atom is -0.508 e. The van der Waals surface area contributed by atoms with E-state index < -0.39 is 0 Å². The lowest BCUT2D eigenvalue weighted by molar-refractivity contribution is -0.115. The number of hydrogen-bond acceptors (Lipinski definition) is 2. The van der Waals surface area contributed by atoms with Gasteiger partial charge in [0.1, 0.15) is 5.75 Å². The zero-order valence-electron chi connectivity index (χ0n) is 12.2. The molecule has 0 aliphatic rings. The maximum absolute atomic E-state index is 11.6. The Morgan fingerprint density at radius 1 is 1.35 bits per heavy atom. The van der Waals surface area contributed by atoms with E-state index in [0.717, 1.165) is 5.56 Å². The van der Waals surface area contributed by atoms with Crippen molar-refractivity contribution in [2.75, 3.05) is 0 Å². The molecule has 0 saturated carbocycles. The Labute approximate surface area is 121 Å². The van der Waals surface area contributed by atoms with Crippen LogP contribution in [0.25, 0.3) is 6.08 Å². The molecule has 1 atom stereocenters. The molecule has 1 aromatic rings. The first-order valence-electron chi connectivity index (χ1n) is 6.67. The van der Waals surface area contributed by atoms with Gasteiger partial charge in [-0.1, -0.05) is 43.9 Å². The Morgan fingerprint density at radius 2 is 1.95 bits per heavy atom. The second kappa shape index (κ2) is 6.90. The summed E-state index contributed by atoms with van der Waals surface area (Å²) in [7, 11) is 0. The van der Waals surface area contributed by atoms with Crippen molar-refractivity contribution in [2.24, 2.45) is 5.41 Å². The van der Waals surface area contributed by atoms with Gasteiger partial charge in [0, 0.05) is 11.8 Å². The average Bonchev–Trinajstić information content (AvgIpc) is 2.44. The molecule has 1 aromatic carbocycles. The Bertz CT molecular complexity index is 523. The number of aromatic hydroxyl groups is 1. The number of phenols is 1. The summed E-state index contributed by atoms with van der Waals surface area (Å²) in [6, 6.07) is 6.98. The quantitative estimate of drug-likeness (QED) is 0.584. The largest absolute Gasteiger partial charge is 0.508 e. The van der Waals surface area contributed by atoms with Crippen LogP contribution < -0.4 is 0 Å². The van der Waals surface area contributed by atoms with Crippen LogP contribution >= 0.6 is 0 Å². The van der Waals surface area contributed by atoms with Gasteiger partial charge in [0.2, 0.25) is 0 Å². The topological polar surface area (TPSA) is 37.3 Å². The minimum atomic E-state index is -0.233. The molecule has 0 amide bonds. The Hall–Kier alpha value is -2.09. The van der Waals surface area contributed by atoms with E-state index in [4.69, 9.17) is 0 Å². The van der Waals surface area contributed by atoms with Crippen molar-refractivity contribution < 1.29 is 9.90 Å². The first-order chi connectivity index (χ1) is 9.36. The molecule has 2 heteroatoms. The van der Waals surface area contributed by atoms with E-state index in [1.807, 2.05) is 37.3 Å². The summed E-state index contributed by atoms with van der Waals surface area (Å²) < 4.78 is 0. The van der Waals surface area contributed by atoms with Crippen LogP contribution in [0, 0.1) is 5.41 Å². The number of rotatable bonds is 7.